The maximum absolute atomic E-state index is 14.0. The number of para-hydroxylation sites is 1. The first-order valence-electron chi connectivity index (χ1n) is 11.4. The van der Waals surface area contributed by atoms with Crippen LogP contribution in [0.4, 0.5) is 13.2 Å². The lowest BCUT2D eigenvalue weighted by atomic mass is 10.1. The molecule has 1 N–H and O–H groups in total. The molecule has 200 valence electrons. The predicted octanol–water partition coefficient (Wildman–Crippen LogP) is 7.96. The largest absolute Gasteiger partial charge is 0.418 e. The Kier molecular flexibility index (Phi) is 9.70. The van der Waals surface area contributed by atoms with E-state index in [9.17, 15) is 18.0 Å². The zero-order valence-corrected chi connectivity index (χ0v) is 23.7. The Bertz CT molecular complexity index is 1420. The minimum atomic E-state index is -4.56. The molecular weight excluding hydrogens is 602 g/mol. The number of halogens is 6. The molecule has 4 nitrogen and oxygen atoms in total. The molecule has 0 aliphatic rings. The zero-order chi connectivity index (χ0) is 26.7. The van der Waals surface area contributed by atoms with Crippen molar-refractivity contribution in [2.45, 2.75) is 6.18 Å². The van der Waals surface area contributed by atoms with Crippen molar-refractivity contribution in [3.05, 3.63) is 99.5 Å². The lowest BCUT2D eigenvalue weighted by molar-refractivity contribution is -0.137. The Balaban J connectivity index is 0.00000400. The smallest absolute Gasteiger partial charge is 0.351 e. The Morgan fingerprint density at radius 2 is 1.63 bits per heavy atom. The summed E-state index contributed by atoms with van der Waals surface area (Å²) in [6.45, 7) is 1.15. The minimum absolute atomic E-state index is 0. The predicted molar refractivity (Wildman–Crippen MR) is 152 cm³/mol. The number of hydrogen-bond donors (Lipinski definition) is 1. The molecule has 1 amide bonds. The van der Waals surface area contributed by atoms with Gasteiger partial charge < -0.3 is 14.8 Å². The Morgan fingerprint density at radius 3 is 2.26 bits per heavy atom. The first-order chi connectivity index (χ1) is 17.6. The van der Waals surface area contributed by atoms with Crippen molar-refractivity contribution in [1.82, 2.24) is 14.8 Å². The first-order valence-corrected chi connectivity index (χ1v) is 12.6. The molecule has 0 saturated heterocycles. The van der Waals surface area contributed by atoms with Gasteiger partial charge in [0.25, 0.3) is 5.91 Å². The topological polar surface area (TPSA) is 37.3 Å². The average molecular weight is 627 g/mol. The second-order valence-corrected chi connectivity index (χ2v) is 10.0. The number of rotatable bonds is 7. The summed E-state index contributed by atoms with van der Waals surface area (Å²) < 4.78 is 44.5. The number of nitrogens with one attached hydrogen (secondary N) is 1. The molecule has 0 aliphatic carbocycles. The summed E-state index contributed by atoms with van der Waals surface area (Å²) in [4.78, 5) is 14.5. The molecule has 3 aromatic carbocycles. The van der Waals surface area contributed by atoms with E-state index >= 15 is 0 Å². The van der Waals surface area contributed by atoms with Crippen molar-refractivity contribution in [2.75, 3.05) is 27.2 Å². The molecule has 4 rings (SSSR count). The maximum atomic E-state index is 14.0. The van der Waals surface area contributed by atoms with E-state index in [1.807, 2.05) is 43.3 Å². The van der Waals surface area contributed by atoms with E-state index in [1.165, 1.54) is 18.2 Å². The summed E-state index contributed by atoms with van der Waals surface area (Å²) in [5.41, 5.74) is 1.87. The quantitative estimate of drug-likeness (QED) is 0.226. The maximum Gasteiger partial charge on any atom is 0.418 e. The second-order valence-electron chi connectivity index (χ2n) is 8.71. The van der Waals surface area contributed by atoms with E-state index in [0.717, 1.165) is 16.1 Å². The Labute approximate surface area is 239 Å². The molecule has 0 saturated carbocycles. The summed E-state index contributed by atoms with van der Waals surface area (Å²) in [5, 5.41) is 3.09. The van der Waals surface area contributed by atoms with Crippen molar-refractivity contribution in [2.24, 2.45) is 0 Å². The van der Waals surface area contributed by atoms with Crippen LogP contribution in [0.3, 0.4) is 0 Å². The minimum Gasteiger partial charge on any atom is -0.351 e. The van der Waals surface area contributed by atoms with Crippen LogP contribution in [0.15, 0.2) is 83.3 Å². The van der Waals surface area contributed by atoms with Crippen LogP contribution in [0, 0.1) is 0 Å². The highest BCUT2D eigenvalue weighted by Crippen LogP contribution is 2.40. The van der Waals surface area contributed by atoms with Gasteiger partial charge in [0, 0.05) is 28.7 Å². The third-order valence-corrected chi connectivity index (χ3v) is 6.66. The Morgan fingerprint density at radius 1 is 0.974 bits per heavy atom. The van der Waals surface area contributed by atoms with E-state index in [2.05, 4.69) is 21.2 Å². The van der Waals surface area contributed by atoms with Gasteiger partial charge in [-0.05, 0) is 68.2 Å². The normalized spacial score (nSPS) is 11.4. The van der Waals surface area contributed by atoms with Gasteiger partial charge in [0.1, 0.15) is 0 Å². The van der Waals surface area contributed by atoms with Crippen LogP contribution in [0.2, 0.25) is 5.02 Å². The highest BCUT2D eigenvalue weighted by molar-refractivity contribution is 9.10. The third-order valence-electron chi connectivity index (χ3n) is 5.82. The van der Waals surface area contributed by atoms with Crippen molar-refractivity contribution < 1.29 is 18.0 Å². The summed E-state index contributed by atoms with van der Waals surface area (Å²) in [5.74, 6) is -0.274. The number of aromatic nitrogens is 1. The Hall–Kier alpha value is -2.78. The number of nitrogens with zero attached hydrogens (tertiary/aromatic N) is 2. The number of likely N-dealkylation sites (N-methyl/N-ethyl adjacent to an activating group) is 1. The molecule has 4 aromatic rings. The van der Waals surface area contributed by atoms with Gasteiger partial charge in [-0.1, -0.05) is 57.9 Å². The van der Waals surface area contributed by atoms with Crippen LogP contribution in [0.1, 0.15) is 15.9 Å². The molecule has 0 atom stereocenters. The lowest BCUT2D eigenvalue weighted by Gasteiger charge is -2.20. The van der Waals surface area contributed by atoms with Crippen LogP contribution in [0.5, 0.6) is 0 Å². The monoisotopic (exact) mass is 625 g/mol. The van der Waals surface area contributed by atoms with Gasteiger partial charge in [-0.3, -0.25) is 4.79 Å². The number of carbonyl (C=O) groups is 1. The molecule has 1 heterocycles. The summed E-state index contributed by atoms with van der Waals surface area (Å²) >= 11 is 10.0. The standard InChI is InChI=1S/C28H24BrClF3N3O.ClH/c1-35(2)16-15-34-27(37)19-9-12-21(23(30)17-19)25-14-13-24(18-7-10-20(29)11-8-18)36(25)26-6-4-3-5-22(26)28(31,32)33;/h3-14,17H,15-16H2,1-2H3,(H,34,37);1H. The van der Waals surface area contributed by atoms with Gasteiger partial charge in [0.2, 0.25) is 0 Å². The van der Waals surface area contributed by atoms with Gasteiger partial charge in [-0.15, -0.1) is 12.4 Å². The molecule has 1 aromatic heterocycles. The van der Waals surface area contributed by atoms with Gasteiger partial charge in [0.05, 0.1) is 27.7 Å². The molecule has 10 heteroatoms. The van der Waals surface area contributed by atoms with E-state index in [1.54, 1.807) is 34.9 Å². The summed E-state index contributed by atoms with van der Waals surface area (Å²) in [7, 11) is 3.82. The van der Waals surface area contributed by atoms with Crippen LogP contribution < -0.4 is 5.32 Å². The molecule has 38 heavy (non-hydrogen) atoms. The summed E-state index contributed by atoms with van der Waals surface area (Å²) in [6, 6.07) is 21.1. The van der Waals surface area contributed by atoms with Gasteiger partial charge in [-0.2, -0.15) is 13.2 Å². The van der Waals surface area contributed by atoms with Crippen molar-refractivity contribution in [1.29, 1.82) is 0 Å². The van der Waals surface area contributed by atoms with Gasteiger partial charge in [0.15, 0.2) is 0 Å². The lowest BCUT2D eigenvalue weighted by Crippen LogP contribution is -2.31. The van der Waals surface area contributed by atoms with E-state index < -0.39 is 11.7 Å². The van der Waals surface area contributed by atoms with Crippen LogP contribution >= 0.6 is 39.9 Å². The number of carbonyl (C=O) groups excluding carboxylic acids is 1. The van der Waals surface area contributed by atoms with E-state index in [4.69, 9.17) is 11.6 Å². The molecule has 0 fully saturated rings. The van der Waals surface area contributed by atoms with Crippen molar-refractivity contribution >= 4 is 45.8 Å². The fourth-order valence-corrected chi connectivity index (χ4v) is 4.56. The fraction of sp³-hybridized carbons (Fsp3) is 0.179. The number of hydrogen-bond acceptors (Lipinski definition) is 2. The van der Waals surface area contributed by atoms with Gasteiger partial charge in [-0.25, -0.2) is 0 Å². The number of alkyl halides is 3. The van der Waals surface area contributed by atoms with Crippen LogP contribution in [0.25, 0.3) is 28.2 Å². The zero-order valence-electron chi connectivity index (χ0n) is 20.5. The number of amides is 1. The molecule has 0 unspecified atom stereocenters. The second kappa shape index (κ2) is 12.4. The fourth-order valence-electron chi connectivity index (χ4n) is 4.02. The van der Waals surface area contributed by atoms with E-state index in [-0.39, 0.29) is 29.0 Å². The SMILES string of the molecule is CN(C)CCNC(=O)c1ccc(-c2ccc(-c3ccc(Br)cc3)n2-c2ccccc2C(F)(F)F)c(Cl)c1.Cl. The van der Waals surface area contributed by atoms with Crippen LogP contribution in [-0.4, -0.2) is 42.6 Å². The highest BCUT2D eigenvalue weighted by atomic mass is 79.9. The molecule has 0 bridgehead atoms. The molecule has 0 spiro atoms. The highest BCUT2D eigenvalue weighted by Gasteiger charge is 2.34. The van der Waals surface area contributed by atoms with Crippen molar-refractivity contribution in [3.8, 4) is 28.2 Å². The van der Waals surface area contributed by atoms with Crippen LogP contribution in [-0.2, 0) is 6.18 Å². The van der Waals surface area contributed by atoms with Crippen molar-refractivity contribution in [3.63, 3.8) is 0 Å². The first kappa shape index (κ1) is 29.8. The average Bonchev–Trinajstić information content (AvgIpc) is 3.28. The van der Waals surface area contributed by atoms with E-state index in [0.29, 0.717) is 35.6 Å². The third kappa shape index (κ3) is 6.61. The summed E-state index contributed by atoms with van der Waals surface area (Å²) in [6.07, 6.45) is -4.56. The number of benzene rings is 3. The molecule has 0 aliphatic heterocycles. The van der Waals surface area contributed by atoms with Gasteiger partial charge >= 0.3 is 6.18 Å². The molecule has 0 radical (unpaired) electrons. The molecular formula is C28H25BrCl2F3N3O.